The third-order valence-electron chi connectivity index (χ3n) is 6.73. The Labute approximate surface area is 195 Å². The van der Waals surface area contributed by atoms with Gasteiger partial charge < -0.3 is 10.2 Å². The smallest absolute Gasteiger partial charge is 0.273 e. The van der Waals surface area contributed by atoms with Crippen LogP contribution in [0.2, 0.25) is 5.02 Å². The highest BCUT2D eigenvalue weighted by Crippen LogP contribution is 2.32. The van der Waals surface area contributed by atoms with Crippen molar-refractivity contribution in [3.63, 3.8) is 0 Å². The fourth-order valence-electron chi connectivity index (χ4n) is 4.66. The average molecular weight is 457 g/mol. The van der Waals surface area contributed by atoms with Crippen LogP contribution in [0, 0.1) is 0 Å². The predicted molar refractivity (Wildman–Crippen MR) is 126 cm³/mol. The van der Waals surface area contributed by atoms with E-state index in [1.807, 2.05) is 37.3 Å². The van der Waals surface area contributed by atoms with Crippen molar-refractivity contribution in [1.29, 1.82) is 0 Å². The number of nitrogens with zero attached hydrogens (tertiary/aromatic N) is 3. The topological polar surface area (TPSA) is 67.2 Å². The molecule has 2 amide bonds. The third-order valence-corrected chi connectivity index (χ3v) is 6.96. The molecule has 2 aliphatic rings. The van der Waals surface area contributed by atoms with Gasteiger partial charge in [0.25, 0.3) is 5.91 Å². The maximum absolute atomic E-state index is 13.7. The van der Waals surface area contributed by atoms with Gasteiger partial charge in [-0.3, -0.25) is 14.3 Å². The van der Waals surface area contributed by atoms with E-state index in [2.05, 4.69) is 26.1 Å². The van der Waals surface area contributed by atoms with Crippen molar-refractivity contribution < 1.29 is 9.59 Å². The highest BCUT2D eigenvalue weighted by Gasteiger charge is 2.48. The molecule has 2 heterocycles. The molecule has 172 valence electrons. The van der Waals surface area contributed by atoms with Gasteiger partial charge >= 0.3 is 0 Å². The lowest BCUT2D eigenvalue weighted by atomic mass is 9.90. The summed E-state index contributed by atoms with van der Waals surface area (Å²) in [6.07, 6.45) is 5.46. The van der Waals surface area contributed by atoms with Crippen LogP contribution in [-0.2, 0) is 23.3 Å². The second-order valence-corrected chi connectivity index (χ2v) is 10.9. The van der Waals surface area contributed by atoms with Crippen molar-refractivity contribution in [2.45, 2.75) is 89.9 Å². The molecule has 1 saturated carbocycles. The maximum Gasteiger partial charge on any atom is 0.273 e. The molecule has 32 heavy (non-hydrogen) atoms. The number of fused-ring (bicyclic) bond motifs is 1. The molecule has 1 N–H and O–H groups in total. The first-order valence-corrected chi connectivity index (χ1v) is 11.9. The predicted octanol–water partition coefficient (Wildman–Crippen LogP) is 4.70. The summed E-state index contributed by atoms with van der Waals surface area (Å²) in [7, 11) is 0. The van der Waals surface area contributed by atoms with Crippen molar-refractivity contribution in [2.24, 2.45) is 0 Å². The molecule has 1 aromatic carbocycles. The highest BCUT2D eigenvalue weighted by atomic mass is 35.5. The van der Waals surface area contributed by atoms with E-state index in [-0.39, 0.29) is 23.3 Å². The van der Waals surface area contributed by atoms with Crippen LogP contribution in [0.1, 0.15) is 81.5 Å². The number of amides is 2. The second-order valence-electron chi connectivity index (χ2n) is 10.4. The van der Waals surface area contributed by atoms with Gasteiger partial charge in [-0.25, -0.2) is 0 Å². The Morgan fingerprint density at radius 1 is 1.22 bits per heavy atom. The molecule has 1 atom stereocenters. The van der Waals surface area contributed by atoms with Gasteiger partial charge in [0.15, 0.2) is 0 Å². The van der Waals surface area contributed by atoms with E-state index in [4.69, 9.17) is 16.7 Å². The van der Waals surface area contributed by atoms with Gasteiger partial charge in [-0.05, 0) is 43.5 Å². The SMILES string of the molecule is CC(C)(C)c1cc2n(n1)C[C@](C)(C(=O)NC1CCCCC1)N(Cc1cccc(Cl)c1)C2=O. The maximum atomic E-state index is 13.7. The fourth-order valence-corrected chi connectivity index (χ4v) is 4.87. The second kappa shape index (κ2) is 8.54. The Bertz CT molecular complexity index is 1020. The van der Waals surface area contributed by atoms with Crippen molar-refractivity contribution in [2.75, 3.05) is 0 Å². The van der Waals surface area contributed by atoms with Crippen LogP contribution in [0.3, 0.4) is 0 Å². The molecule has 6 nitrogen and oxygen atoms in total. The van der Waals surface area contributed by atoms with Crippen LogP contribution in [0.25, 0.3) is 0 Å². The molecule has 0 radical (unpaired) electrons. The summed E-state index contributed by atoms with van der Waals surface area (Å²) in [5.74, 6) is -0.293. The van der Waals surface area contributed by atoms with Gasteiger partial charge in [0.1, 0.15) is 11.2 Å². The number of carbonyl (C=O) groups excluding carboxylic acids is 2. The minimum Gasteiger partial charge on any atom is -0.351 e. The van der Waals surface area contributed by atoms with Crippen molar-refractivity contribution in [3.8, 4) is 0 Å². The summed E-state index contributed by atoms with van der Waals surface area (Å²) in [6, 6.07) is 9.49. The summed E-state index contributed by atoms with van der Waals surface area (Å²) >= 11 is 6.20. The van der Waals surface area contributed by atoms with E-state index < -0.39 is 5.54 Å². The molecular formula is C25H33ClN4O2. The van der Waals surface area contributed by atoms with Gasteiger partial charge in [-0.1, -0.05) is 63.8 Å². The number of halogens is 1. The van der Waals surface area contributed by atoms with Crippen LogP contribution in [-0.4, -0.2) is 38.1 Å². The van der Waals surface area contributed by atoms with E-state index >= 15 is 0 Å². The first-order valence-electron chi connectivity index (χ1n) is 11.5. The molecule has 0 unspecified atom stereocenters. The van der Waals surface area contributed by atoms with Gasteiger partial charge in [-0.15, -0.1) is 0 Å². The molecule has 0 spiro atoms. The molecule has 1 aliphatic heterocycles. The number of aromatic nitrogens is 2. The minimum absolute atomic E-state index is 0.113. The zero-order valence-electron chi connectivity index (χ0n) is 19.4. The highest BCUT2D eigenvalue weighted by molar-refractivity contribution is 6.30. The van der Waals surface area contributed by atoms with E-state index in [9.17, 15) is 9.59 Å². The van der Waals surface area contributed by atoms with E-state index in [1.165, 1.54) is 6.42 Å². The molecule has 2 aromatic rings. The van der Waals surface area contributed by atoms with Gasteiger partial charge in [0.05, 0.1) is 12.2 Å². The minimum atomic E-state index is -1.05. The normalized spacial score (nSPS) is 22.0. The fraction of sp³-hybridized carbons (Fsp3) is 0.560. The van der Waals surface area contributed by atoms with E-state index in [1.54, 1.807) is 9.58 Å². The molecule has 0 bridgehead atoms. The molecule has 7 heteroatoms. The van der Waals surface area contributed by atoms with Crippen LogP contribution < -0.4 is 5.32 Å². The van der Waals surface area contributed by atoms with Crippen molar-refractivity contribution in [3.05, 3.63) is 52.3 Å². The lowest BCUT2D eigenvalue weighted by molar-refractivity contribution is -0.134. The quantitative estimate of drug-likeness (QED) is 0.725. The first kappa shape index (κ1) is 22.8. The lowest BCUT2D eigenvalue weighted by Crippen LogP contribution is -2.64. The van der Waals surface area contributed by atoms with Crippen LogP contribution in [0.5, 0.6) is 0 Å². The summed E-state index contributed by atoms with van der Waals surface area (Å²) in [4.78, 5) is 29.0. The standard InChI is InChI=1S/C25H33ClN4O2/c1-24(2,3)21-14-20-22(31)29(15-17-9-8-10-18(26)13-17)25(4,16-30(20)28-21)23(32)27-19-11-6-5-7-12-19/h8-10,13-14,19H,5-7,11-12,15-16H2,1-4H3,(H,27,32)/t25-/m1/s1. The summed E-state index contributed by atoms with van der Waals surface area (Å²) in [5, 5.41) is 8.58. The molecule has 4 rings (SSSR count). The van der Waals surface area contributed by atoms with Crippen LogP contribution >= 0.6 is 11.6 Å². The first-order chi connectivity index (χ1) is 15.1. The Hall–Kier alpha value is -2.34. The van der Waals surface area contributed by atoms with E-state index in [0.29, 0.717) is 23.8 Å². The average Bonchev–Trinajstić information content (AvgIpc) is 3.16. The number of rotatable bonds is 4. The number of benzene rings is 1. The Kier molecular flexibility index (Phi) is 6.10. The molecular weight excluding hydrogens is 424 g/mol. The van der Waals surface area contributed by atoms with E-state index in [0.717, 1.165) is 36.9 Å². The third kappa shape index (κ3) is 4.42. The summed E-state index contributed by atoms with van der Waals surface area (Å²) < 4.78 is 1.72. The number of hydrogen-bond donors (Lipinski definition) is 1. The van der Waals surface area contributed by atoms with Crippen molar-refractivity contribution in [1.82, 2.24) is 20.0 Å². The zero-order chi connectivity index (χ0) is 23.1. The number of nitrogens with one attached hydrogen (secondary N) is 1. The summed E-state index contributed by atoms with van der Waals surface area (Å²) in [5.41, 5.74) is 1.03. The number of hydrogen-bond acceptors (Lipinski definition) is 3. The largest absolute Gasteiger partial charge is 0.351 e. The van der Waals surface area contributed by atoms with Crippen LogP contribution in [0.15, 0.2) is 30.3 Å². The Balaban J connectivity index is 1.71. The van der Waals surface area contributed by atoms with Gasteiger partial charge in [0.2, 0.25) is 5.91 Å². The molecule has 1 aromatic heterocycles. The summed E-state index contributed by atoms with van der Waals surface area (Å²) in [6.45, 7) is 8.71. The van der Waals surface area contributed by atoms with Crippen LogP contribution in [0.4, 0.5) is 0 Å². The van der Waals surface area contributed by atoms with Crippen molar-refractivity contribution >= 4 is 23.4 Å². The Morgan fingerprint density at radius 2 is 1.94 bits per heavy atom. The molecule has 1 aliphatic carbocycles. The van der Waals surface area contributed by atoms with Gasteiger partial charge in [-0.2, -0.15) is 5.10 Å². The zero-order valence-corrected chi connectivity index (χ0v) is 20.2. The Morgan fingerprint density at radius 3 is 2.59 bits per heavy atom. The molecule has 0 saturated heterocycles. The molecule has 1 fully saturated rings. The van der Waals surface area contributed by atoms with Gasteiger partial charge in [0, 0.05) is 23.0 Å². The lowest BCUT2D eigenvalue weighted by Gasteiger charge is -2.44. The monoisotopic (exact) mass is 456 g/mol. The number of carbonyl (C=O) groups is 2.